The van der Waals surface area contributed by atoms with Crippen molar-refractivity contribution in [2.75, 3.05) is 12.3 Å². The Morgan fingerprint density at radius 2 is 2.06 bits per heavy atom. The monoisotopic (exact) mass is 275 g/mol. The lowest BCUT2D eigenvalue weighted by atomic mass is 9.76. The summed E-state index contributed by atoms with van der Waals surface area (Å²) < 4.78 is 25.6. The van der Waals surface area contributed by atoms with Crippen LogP contribution in [-0.2, 0) is 14.8 Å². The molecule has 104 valence electrons. The maximum absolute atomic E-state index is 12.2. The van der Waals surface area contributed by atoms with Crippen molar-refractivity contribution in [3.8, 4) is 0 Å². The van der Waals surface area contributed by atoms with E-state index in [-0.39, 0.29) is 11.7 Å². The molecule has 0 spiro atoms. The van der Waals surface area contributed by atoms with Gasteiger partial charge in [-0.05, 0) is 31.6 Å². The summed E-state index contributed by atoms with van der Waals surface area (Å²) >= 11 is 0. The minimum Gasteiger partial charge on any atom is -0.480 e. The molecule has 2 unspecified atom stereocenters. The van der Waals surface area contributed by atoms with E-state index < -0.39 is 21.5 Å². The van der Waals surface area contributed by atoms with E-state index in [0.29, 0.717) is 25.8 Å². The Balaban J connectivity index is 2.37. The van der Waals surface area contributed by atoms with Gasteiger partial charge in [-0.15, -0.1) is 0 Å². The number of carbonyl (C=O) groups is 1. The van der Waals surface area contributed by atoms with Gasteiger partial charge in [0, 0.05) is 6.54 Å². The fraction of sp³-hybridized carbons (Fsp3) is 0.917. The standard InChI is InChI=1S/C12H21NO4S/c1-10-5-4-6-12(9-10,11(14)15)13-7-2-3-8-18(13,16)17/h10H,2-9H2,1H3,(H,14,15). The van der Waals surface area contributed by atoms with Crippen molar-refractivity contribution in [2.24, 2.45) is 5.92 Å². The third-order valence-corrected chi connectivity index (χ3v) is 6.21. The first-order valence-corrected chi connectivity index (χ1v) is 8.23. The third-order valence-electron chi connectivity index (χ3n) is 4.20. The molecule has 1 N–H and O–H groups in total. The zero-order chi connectivity index (χ0) is 13.4. The van der Waals surface area contributed by atoms with Crippen molar-refractivity contribution in [1.29, 1.82) is 0 Å². The molecule has 2 atom stereocenters. The molecule has 0 amide bonds. The molecule has 6 heteroatoms. The summed E-state index contributed by atoms with van der Waals surface area (Å²) in [7, 11) is -3.40. The fourth-order valence-electron chi connectivity index (χ4n) is 3.32. The predicted octanol–water partition coefficient (Wildman–Crippen LogP) is 1.45. The minimum absolute atomic E-state index is 0.0937. The molecular formula is C12H21NO4S. The van der Waals surface area contributed by atoms with Gasteiger partial charge in [0.15, 0.2) is 0 Å². The van der Waals surface area contributed by atoms with Crippen LogP contribution in [0.5, 0.6) is 0 Å². The normalized spacial score (nSPS) is 37.3. The summed E-state index contributed by atoms with van der Waals surface area (Å²) in [6, 6.07) is 0. The number of hydrogen-bond donors (Lipinski definition) is 1. The second-order valence-electron chi connectivity index (χ2n) is 5.63. The van der Waals surface area contributed by atoms with Crippen LogP contribution in [0.2, 0.25) is 0 Å². The molecular weight excluding hydrogens is 254 g/mol. The molecule has 0 bridgehead atoms. The SMILES string of the molecule is CC1CCCC(C(=O)O)(N2CCCCS2(=O)=O)C1. The van der Waals surface area contributed by atoms with Crippen LogP contribution in [-0.4, -0.2) is 41.6 Å². The highest BCUT2D eigenvalue weighted by Crippen LogP contribution is 2.40. The van der Waals surface area contributed by atoms with Crippen LogP contribution in [0.25, 0.3) is 0 Å². The molecule has 0 aromatic carbocycles. The van der Waals surface area contributed by atoms with Crippen molar-refractivity contribution in [2.45, 2.75) is 51.0 Å². The van der Waals surface area contributed by atoms with Gasteiger partial charge in [0.1, 0.15) is 5.54 Å². The molecule has 0 aromatic heterocycles. The molecule has 0 radical (unpaired) electrons. The topological polar surface area (TPSA) is 74.7 Å². The molecule has 2 fully saturated rings. The molecule has 1 heterocycles. The van der Waals surface area contributed by atoms with E-state index >= 15 is 0 Å². The first-order chi connectivity index (χ1) is 8.38. The Morgan fingerprint density at radius 3 is 2.61 bits per heavy atom. The van der Waals surface area contributed by atoms with E-state index in [1.54, 1.807) is 0 Å². The molecule has 1 saturated carbocycles. The fourth-order valence-corrected chi connectivity index (χ4v) is 5.29. The largest absolute Gasteiger partial charge is 0.480 e. The van der Waals surface area contributed by atoms with Crippen LogP contribution in [0.3, 0.4) is 0 Å². The van der Waals surface area contributed by atoms with Gasteiger partial charge in [0.2, 0.25) is 10.0 Å². The van der Waals surface area contributed by atoms with Crippen molar-refractivity contribution in [1.82, 2.24) is 4.31 Å². The van der Waals surface area contributed by atoms with E-state index in [4.69, 9.17) is 0 Å². The van der Waals surface area contributed by atoms with Crippen LogP contribution in [0.15, 0.2) is 0 Å². The maximum atomic E-state index is 12.2. The maximum Gasteiger partial charge on any atom is 0.325 e. The number of carboxylic acids is 1. The van der Waals surface area contributed by atoms with Crippen molar-refractivity contribution in [3.63, 3.8) is 0 Å². The third kappa shape index (κ3) is 2.28. The first kappa shape index (κ1) is 13.8. The Kier molecular flexibility index (Phi) is 3.69. The van der Waals surface area contributed by atoms with Gasteiger partial charge < -0.3 is 5.11 Å². The molecule has 1 saturated heterocycles. The lowest BCUT2D eigenvalue weighted by Crippen LogP contribution is -2.60. The van der Waals surface area contributed by atoms with Gasteiger partial charge in [-0.25, -0.2) is 8.42 Å². The number of sulfonamides is 1. The summed E-state index contributed by atoms with van der Waals surface area (Å²) in [6.45, 7) is 2.37. The second-order valence-corrected chi connectivity index (χ2v) is 7.65. The summed E-state index contributed by atoms with van der Waals surface area (Å²) in [6.07, 6.45) is 4.09. The van der Waals surface area contributed by atoms with Gasteiger partial charge in [0.05, 0.1) is 5.75 Å². The molecule has 5 nitrogen and oxygen atoms in total. The van der Waals surface area contributed by atoms with Crippen LogP contribution in [0.4, 0.5) is 0 Å². The average Bonchev–Trinajstić information content (AvgIpc) is 2.27. The summed E-state index contributed by atoms with van der Waals surface area (Å²) in [5, 5.41) is 9.58. The van der Waals surface area contributed by atoms with Crippen molar-refractivity contribution >= 4 is 16.0 Å². The Labute approximate surface area is 108 Å². The summed E-state index contributed by atoms with van der Waals surface area (Å²) in [5.74, 6) is -0.609. The van der Waals surface area contributed by atoms with Gasteiger partial charge in [-0.1, -0.05) is 19.8 Å². The molecule has 1 aliphatic heterocycles. The number of hydrogen-bond acceptors (Lipinski definition) is 3. The lowest BCUT2D eigenvalue weighted by Gasteiger charge is -2.45. The van der Waals surface area contributed by atoms with E-state index in [1.807, 2.05) is 6.92 Å². The van der Waals surface area contributed by atoms with Gasteiger partial charge in [-0.2, -0.15) is 4.31 Å². The van der Waals surface area contributed by atoms with E-state index in [0.717, 1.165) is 19.3 Å². The van der Waals surface area contributed by atoms with E-state index in [2.05, 4.69) is 0 Å². The molecule has 2 aliphatic rings. The highest BCUT2D eigenvalue weighted by molar-refractivity contribution is 7.89. The van der Waals surface area contributed by atoms with Crippen LogP contribution in [0.1, 0.15) is 45.4 Å². The Bertz CT molecular complexity index is 433. The smallest absolute Gasteiger partial charge is 0.325 e. The molecule has 18 heavy (non-hydrogen) atoms. The van der Waals surface area contributed by atoms with Crippen LogP contribution < -0.4 is 0 Å². The number of carboxylic acid groups (broad SMARTS) is 1. The zero-order valence-corrected chi connectivity index (χ0v) is 11.6. The van der Waals surface area contributed by atoms with Gasteiger partial charge >= 0.3 is 5.97 Å². The average molecular weight is 275 g/mol. The highest BCUT2D eigenvalue weighted by Gasteiger charge is 2.51. The van der Waals surface area contributed by atoms with Crippen LogP contribution >= 0.6 is 0 Å². The van der Waals surface area contributed by atoms with Crippen LogP contribution in [0, 0.1) is 5.92 Å². The predicted molar refractivity (Wildman–Crippen MR) is 67.7 cm³/mol. The van der Waals surface area contributed by atoms with Crippen molar-refractivity contribution < 1.29 is 18.3 Å². The first-order valence-electron chi connectivity index (χ1n) is 6.62. The second kappa shape index (κ2) is 4.81. The lowest BCUT2D eigenvalue weighted by molar-refractivity contribution is -0.151. The van der Waals surface area contributed by atoms with E-state index in [9.17, 15) is 18.3 Å². The quantitative estimate of drug-likeness (QED) is 0.827. The molecule has 1 aliphatic carbocycles. The summed E-state index contributed by atoms with van der Waals surface area (Å²) in [5.41, 5.74) is -1.18. The van der Waals surface area contributed by atoms with Gasteiger partial charge in [0.25, 0.3) is 0 Å². The highest BCUT2D eigenvalue weighted by atomic mass is 32.2. The Hall–Kier alpha value is -0.620. The van der Waals surface area contributed by atoms with Gasteiger partial charge in [-0.3, -0.25) is 4.79 Å². The number of rotatable bonds is 2. The zero-order valence-electron chi connectivity index (χ0n) is 10.8. The van der Waals surface area contributed by atoms with E-state index in [1.165, 1.54) is 4.31 Å². The number of aliphatic carboxylic acids is 1. The Morgan fingerprint density at radius 1 is 1.33 bits per heavy atom. The molecule has 2 rings (SSSR count). The van der Waals surface area contributed by atoms with Crippen molar-refractivity contribution in [3.05, 3.63) is 0 Å². The summed E-state index contributed by atoms with van der Waals surface area (Å²) in [4.78, 5) is 11.7. The minimum atomic E-state index is -3.40. The number of nitrogens with zero attached hydrogens (tertiary/aromatic N) is 1. The molecule has 0 aromatic rings.